The van der Waals surface area contributed by atoms with Crippen molar-refractivity contribution in [3.63, 3.8) is 0 Å². The van der Waals surface area contributed by atoms with Crippen LogP contribution in [-0.4, -0.2) is 52.5 Å². The Hall–Kier alpha value is -1.67. The van der Waals surface area contributed by atoms with Crippen LogP contribution in [0.1, 0.15) is 76.5 Å². The summed E-state index contributed by atoms with van der Waals surface area (Å²) in [5.74, 6) is -2.40. The summed E-state index contributed by atoms with van der Waals surface area (Å²) in [5.41, 5.74) is -0.457. The molecule has 0 aromatic carbocycles. The molecule has 0 radical (unpaired) electrons. The number of halogens is 3. The van der Waals surface area contributed by atoms with Gasteiger partial charge < -0.3 is 18.6 Å². The Morgan fingerprint density at radius 1 is 1.19 bits per heavy atom. The van der Waals surface area contributed by atoms with Crippen LogP contribution in [0.2, 0.25) is 31.2 Å². The average molecular weight is 551 g/mol. The first-order valence-corrected chi connectivity index (χ1v) is 18.1. The van der Waals surface area contributed by atoms with Crippen molar-refractivity contribution in [3.05, 3.63) is 17.3 Å². The van der Waals surface area contributed by atoms with Crippen molar-refractivity contribution in [2.24, 2.45) is 5.92 Å². The van der Waals surface area contributed by atoms with Crippen LogP contribution in [0.4, 0.5) is 13.2 Å². The second-order valence-corrected chi connectivity index (χ2v) is 19.5. The van der Waals surface area contributed by atoms with E-state index in [-0.39, 0.29) is 29.5 Å². The first-order valence-electron chi connectivity index (χ1n) is 12.4. The number of nitrogens with zero attached hydrogens (tertiary/aromatic N) is 1. The second kappa shape index (κ2) is 10.6. The molecule has 1 fully saturated rings. The van der Waals surface area contributed by atoms with E-state index in [1.807, 2.05) is 67.7 Å². The van der Waals surface area contributed by atoms with E-state index in [9.17, 15) is 22.8 Å². The number of amides is 1. The Balaban J connectivity index is 2.44. The molecule has 1 aliphatic rings. The van der Waals surface area contributed by atoms with E-state index in [0.29, 0.717) is 5.76 Å². The largest absolute Gasteiger partial charge is 0.518 e. The van der Waals surface area contributed by atoms with Crippen molar-refractivity contribution in [1.29, 1.82) is 0 Å². The van der Waals surface area contributed by atoms with Crippen LogP contribution in [0.15, 0.2) is 4.42 Å². The molecule has 3 atom stereocenters. The van der Waals surface area contributed by atoms with Gasteiger partial charge in [0, 0.05) is 24.3 Å². The van der Waals surface area contributed by atoms with Crippen LogP contribution in [0.5, 0.6) is 0 Å². The number of alkyl halides is 3. The van der Waals surface area contributed by atoms with Gasteiger partial charge in [0.15, 0.2) is 19.9 Å². The summed E-state index contributed by atoms with van der Waals surface area (Å²) in [6, 6.07) is -1.11. The lowest BCUT2D eigenvalue weighted by molar-refractivity contribution is -0.178. The van der Waals surface area contributed by atoms with Crippen molar-refractivity contribution in [1.82, 2.24) is 10.3 Å². The second-order valence-electron chi connectivity index (χ2n) is 12.5. The maximum Gasteiger partial charge on any atom is 0.394 e. The minimum Gasteiger partial charge on any atom is -0.518 e. The maximum absolute atomic E-state index is 13.7. The Morgan fingerprint density at radius 3 is 2.25 bits per heavy atom. The third kappa shape index (κ3) is 7.67. The van der Waals surface area contributed by atoms with Crippen molar-refractivity contribution in [3.8, 4) is 0 Å². The van der Waals surface area contributed by atoms with Crippen molar-refractivity contribution < 1.29 is 36.0 Å². The minimum absolute atomic E-state index is 0.0473. The first kappa shape index (κ1) is 30.6. The number of rotatable bonds is 8. The van der Waals surface area contributed by atoms with Crippen LogP contribution >= 0.6 is 0 Å². The number of hydrogen-bond acceptors (Lipinski definition) is 6. The number of hydrogen-bond donors (Lipinski definition) is 1. The van der Waals surface area contributed by atoms with Crippen LogP contribution < -0.4 is 5.32 Å². The molecule has 1 amide bonds. The fourth-order valence-corrected chi connectivity index (χ4v) is 5.79. The molecule has 36 heavy (non-hydrogen) atoms. The van der Waals surface area contributed by atoms with E-state index in [1.54, 1.807) is 0 Å². The highest BCUT2D eigenvalue weighted by Gasteiger charge is 2.51. The molecule has 12 heteroatoms. The molecule has 206 valence electrons. The summed E-state index contributed by atoms with van der Waals surface area (Å²) in [6.45, 7) is 19.5. The molecule has 1 saturated heterocycles. The Labute approximate surface area is 214 Å². The van der Waals surface area contributed by atoms with Gasteiger partial charge in [-0.25, -0.2) is 9.78 Å². The van der Waals surface area contributed by atoms with Gasteiger partial charge in [-0.15, -0.1) is 0 Å². The van der Waals surface area contributed by atoms with Crippen LogP contribution in [0.3, 0.4) is 0 Å². The highest BCUT2D eigenvalue weighted by molar-refractivity contribution is 6.74. The van der Waals surface area contributed by atoms with E-state index >= 15 is 0 Å². The van der Waals surface area contributed by atoms with Gasteiger partial charge in [-0.1, -0.05) is 41.5 Å². The van der Waals surface area contributed by atoms with Gasteiger partial charge in [0.05, 0.1) is 12.0 Å². The lowest BCUT2D eigenvalue weighted by Gasteiger charge is -2.40. The number of aromatic nitrogens is 1. The number of oxazole rings is 1. The highest BCUT2D eigenvalue weighted by atomic mass is 28.4. The lowest BCUT2D eigenvalue weighted by atomic mass is 9.92. The van der Waals surface area contributed by atoms with Gasteiger partial charge >= 0.3 is 12.1 Å². The zero-order valence-electron chi connectivity index (χ0n) is 23.1. The Bertz CT molecular complexity index is 949. The van der Waals surface area contributed by atoms with E-state index in [0.717, 1.165) is 0 Å². The standard InChI is InChI=1S/C24H41F3N2O5Si2/c1-22(2,3)20-19(21(31)33-35(7)8)29-18(32-20)12-14(34-36(9,10)23(4,5)6)11-16-15(24(25,26)27)13-17(30)28-16/h14-16,35H,11-13H2,1-10H3,(H,28,30). The summed E-state index contributed by atoms with van der Waals surface area (Å²) in [6.07, 6.45) is -5.78. The Morgan fingerprint density at radius 2 is 1.78 bits per heavy atom. The molecule has 2 rings (SSSR count). The number of carbonyl (C=O) groups is 2. The van der Waals surface area contributed by atoms with Gasteiger partial charge in [0.2, 0.25) is 14.9 Å². The van der Waals surface area contributed by atoms with Gasteiger partial charge in [0.1, 0.15) is 5.76 Å². The normalized spacial score (nSPS) is 20.6. The molecular weight excluding hydrogens is 509 g/mol. The van der Waals surface area contributed by atoms with E-state index in [2.05, 4.69) is 10.3 Å². The topological polar surface area (TPSA) is 90.7 Å². The molecule has 0 bridgehead atoms. The molecule has 2 heterocycles. The van der Waals surface area contributed by atoms with E-state index in [4.69, 9.17) is 13.3 Å². The Kier molecular flexibility index (Phi) is 9.00. The maximum atomic E-state index is 13.7. The third-order valence-electron chi connectivity index (χ3n) is 6.73. The fraction of sp³-hybridized carbons (Fsp3) is 0.792. The van der Waals surface area contributed by atoms with Gasteiger partial charge in [0.25, 0.3) is 0 Å². The highest BCUT2D eigenvalue weighted by Crippen LogP contribution is 2.41. The number of carbonyl (C=O) groups excluding carboxylic acids is 2. The zero-order chi connectivity index (χ0) is 27.9. The van der Waals surface area contributed by atoms with Crippen LogP contribution in [-0.2, 0) is 25.5 Å². The molecule has 1 aliphatic heterocycles. The monoisotopic (exact) mass is 550 g/mol. The molecule has 0 spiro atoms. The predicted molar refractivity (Wildman–Crippen MR) is 136 cm³/mol. The lowest BCUT2D eigenvalue weighted by Crippen LogP contribution is -2.47. The fourth-order valence-electron chi connectivity index (χ4n) is 3.89. The van der Waals surface area contributed by atoms with Crippen molar-refractivity contribution >= 4 is 29.2 Å². The SMILES string of the molecule is C[SiH](C)OC(=O)c1nc(CC(CC2NC(=O)CC2C(F)(F)F)O[Si](C)(C)C(C)(C)C)oc1C(C)(C)C. The van der Waals surface area contributed by atoms with Gasteiger partial charge in [-0.3, -0.25) is 4.79 Å². The quantitative estimate of drug-likeness (QED) is 0.430. The van der Waals surface area contributed by atoms with Gasteiger partial charge in [-0.2, -0.15) is 13.2 Å². The van der Waals surface area contributed by atoms with Gasteiger partial charge in [-0.05, 0) is 37.6 Å². The van der Waals surface area contributed by atoms with Crippen molar-refractivity contribution in [2.75, 3.05) is 0 Å². The predicted octanol–water partition coefficient (Wildman–Crippen LogP) is 5.50. The molecule has 3 unspecified atom stereocenters. The summed E-state index contributed by atoms with van der Waals surface area (Å²) >= 11 is 0. The number of nitrogens with one attached hydrogen (secondary N) is 1. The van der Waals surface area contributed by atoms with Crippen LogP contribution in [0.25, 0.3) is 0 Å². The van der Waals surface area contributed by atoms with Crippen LogP contribution in [0, 0.1) is 5.92 Å². The molecule has 7 nitrogen and oxygen atoms in total. The zero-order valence-corrected chi connectivity index (χ0v) is 25.2. The molecule has 0 saturated carbocycles. The summed E-state index contributed by atoms with van der Waals surface area (Å²) in [4.78, 5) is 29.1. The molecular formula is C24H41F3N2O5Si2. The first-order chi connectivity index (χ1) is 16.1. The smallest absolute Gasteiger partial charge is 0.394 e. The summed E-state index contributed by atoms with van der Waals surface area (Å²) < 4.78 is 59.0. The molecule has 1 aromatic heterocycles. The molecule has 1 aromatic rings. The third-order valence-corrected chi connectivity index (χ3v) is 12.0. The molecule has 0 aliphatic carbocycles. The van der Waals surface area contributed by atoms with E-state index < -0.39 is 65.3 Å². The minimum atomic E-state index is -4.51. The van der Waals surface area contributed by atoms with Crippen molar-refractivity contribution in [2.45, 2.75) is 116 Å². The average Bonchev–Trinajstić information content (AvgIpc) is 3.23. The summed E-state index contributed by atoms with van der Waals surface area (Å²) in [7, 11) is -4.10. The summed E-state index contributed by atoms with van der Waals surface area (Å²) in [5, 5.41) is 2.29. The molecule has 1 N–H and O–H groups in total. The van der Waals surface area contributed by atoms with E-state index in [1.165, 1.54) is 0 Å².